The van der Waals surface area contributed by atoms with Gasteiger partial charge in [-0.2, -0.15) is 0 Å². The molecule has 0 aliphatic heterocycles. The summed E-state index contributed by atoms with van der Waals surface area (Å²) < 4.78 is 5.05. The van der Waals surface area contributed by atoms with Crippen molar-refractivity contribution in [2.24, 2.45) is 0 Å². The van der Waals surface area contributed by atoms with Gasteiger partial charge >= 0.3 is 11.8 Å². The summed E-state index contributed by atoms with van der Waals surface area (Å²) in [4.78, 5) is 24.3. The Morgan fingerprint density at radius 3 is 2.50 bits per heavy atom. The highest BCUT2D eigenvalue weighted by Gasteiger charge is 2.17. The van der Waals surface area contributed by atoms with Gasteiger partial charge in [-0.05, 0) is 24.1 Å². The Hall–Kier alpha value is -2.08. The first kappa shape index (κ1) is 16.0. The number of aliphatic hydroxyl groups is 1. The highest BCUT2D eigenvalue weighted by atomic mass is 16.5. The SMILES string of the molecule is COc1ccc(CCNC(=O)C(=O)N(C)CCO)cc1. The molecule has 1 rings (SSSR count). The fraction of sp³-hybridized carbons (Fsp3) is 0.429. The van der Waals surface area contributed by atoms with Crippen LogP contribution >= 0.6 is 0 Å². The molecule has 2 N–H and O–H groups in total. The number of amides is 2. The van der Waals surface area contributed by atoms with Crippen LogP contribution in [0.2, 0.25) is 0 Å². The fourth-order valence-electron chi connectivity index (χ4n) is 1.61. The molecule has 0 radical (unpaired) electrons. The molecule has 0 fully saturated rings. The quantitative estimate of drug-likeness (QED) is 0.708. The molecule has 1 aromatic rings. The van der Waals surface area contributed by atoms with E-state index in [1.807, 2.05) is 24.3 Å². The van der Waals surface area contributed by atoms with Crippen LogP contribution in [-0.4, -0.2) is 55.7 Å². The maximum absolute atomic E-state index is 11.5. The topological polar surface area (TPSA) is 78.9 Å². The summed E-state index contributed by atoms with van der Waals surface area (Å²) in [5, 5.41) is 11.3. The summed E-state index contributed by atoms with van der Waals surface area (Å²) in [6.07, 6.45) is 0.632. The van der Waals surface area contributed by atoms with E-state index in [0.29, 0.717) is 13.0 Å². The maximum Gasteiger partial charge on any atom is 0.311 e. The van der Waals surface area contributed by atoms with E-state index in [4.69, 9.17) is 9.84 Å². The van der Waals surface area contributed by atoms with Crippen LogP contribution in [0.1, 0.15) is 5.56 Å². The molecule has 6 heteroatoms. The first-order valence-electron chi connectivity index (χ1n) is 6.35. The van der Waals surface area contributed by atoms with Crippen LogP contribution in [0, 0.1) is 0 Å². The minimum Gasteiger partial charge on any atom is -0.497 e. The summed E-state index contributed by atoms with van der Waals surface area (Å²) in [5.41, 5.74) is 1.04. The van der Waals surface area contributed by atoms with Crippen molar-refractivity contribution in [1.29, 1.82) is 0 Å². The van der Waals surface area contributed by atoms with Crippen LogP contribution in [0.15, 0.2) is 24.3 Å². The Labute approximate surface area is 118 Å². The number of hydrogen-bond donors (Lipinski definition) is 2. The van der Waals surface area contributed by atoms with Crippen molar-refractivity contribution < 1.29 is 19.4 Å². The molecule has 20 heavy (non-hydrogen) atoms. The number of nitrogens with one attached hydrogen (secondary N) is 1. The minimum atomic E-state index is -0.658. The molecule has 0 saturated heterocycles. The number of benzene rings is 1. The number of carbonyl (C=O) groups is 2. The van der Waals surface area contributed by atoms with E-state index in [2.05, 4.69) is 5.32 Å². The van der Waals surface area contributed by atoms with Crippen LogP contribution in [0.5, 0.6) is 5.75 Å². The van der Waals surface area contributed by atoms with Crippen molar-refractivity contribution in [3.63, 3.8) is 0 Å². The van der Waals surface area contributed by atoms with Crippen LogP contribution < -0.4 is 10.1 Å². The predicted octanol–water partition coefficient (Wildman–Crippen LogP) is -0.195. The lowest BCUT2D eigenvalue weighted by atomic mass is 10.1. The van der Waals surface area contributed by atoms with Gasteiger partial charge in [0, 0.05) is 20.1 Å². The first-order chi connectivity index (χ1) is 9.58. The minimum absolute atomic E-state index is 0.144. The molecular formula is C14H20N2O4. The third-order valence-electron chi connectivity index (χ3n) is 2.83. The van der Waals surface area contributed by atoms with E-state index in [-0.39, 0.29) is 13.2 Å². The summed E-state index contributed by atoms with van der Waals surface area (Å²) >= 11 is 0. The molecule has 6 nitrogen and oxygen atoms in total. The molecule has 0 aliphatic carbocycles. The Morgan fingerprint density at radius 2 is 1.95 bits per heavy atom. The molecule has 0 unspecified atom stereocenters. The van der Waals surface area contributed by atoms with E-state index < -0.39 is 11.8 Å². The zero-order valence-corrected chi connectivity index (χ0v) is 11.8. The van der Waals surface area contributed by atoms with Gasteiger partial charge in [0.15, 0.2) is 0 Å². The monoisotopic (exact) mass is 280 g/mol. The van der Waals surface area contributed by atoms with Crippen LogP contribution in [0.25, 0.3) is 0 Å². The average molecular weight is 280 g/mol. The smallest absolute Gasteiger partial charge is 0.311 e. The molecular weight excluding hydrogens is 260 g/mol. The summed E-state index contributed by atoms with van der Waals surface area (Å²) in [7, 11) is 3.07. The van der Waals surface area contributed by atoms with Crippen LogP contribution in [-0.2, 0) is 16.0 Å². The number of hydrogen-bond acceptors (Lipinski definition) is 4. The molecule has 0 atom stereocenters. The van der Waals surface area contributed by atoms with Crippen molar-refractivity contribution in [2.45, 2.75) is 6.42 Å². The highest BCUT2D eigenvalue weighted by molar-refractivity contribution is 6.34. The number of ether oxygens (including phenoxy) is 1. The van der Waals surface area contributed by atoms with E-state index in [1.165, 1.54) is 11.9 Å². The van der Waals surface area contributed by atoms with E-state index >= 15 is 0 Å². The third kappa shape index (κ3) is 4.89. The molecule has 0 aliphatic rings. The normalized spacial score (nSPS) is 9.95. The van der Waals surface area contributed by atoms with Gasteiger partial charge in [-0.25, -0.2) is 0 Å². The second-order valence-corrected chi connectivity index (χ2v) is 4.30. The largest absolute Gasteiger partial charge is 0.497 e. The van der Waals surface area contributed by atoms with Gasteiger partial charge in [0.25, 0.3) is 0 Å². The lowest BCUT2D eigenvalue weighted by molar-refractivity contribution is -0.145. The number of aliphatic hydroxyl groups excluding tert-OH is 1. The van der Waals surface area contributed by atoms with Crippen LogP contribution in [0.4, 0.5) is 0 Å². The Bertz CT molecular complexity index is 445. The van der Waals surface area contributed by atoms with Gasteiger partial charge < -0.3 is 20.1 Å². The molecule has 0 heterocycles. The Kier molecular flexibility index (Phi) is 6.52. The van der Waals surface area contributed by atoms with Gasteiger partial charge in [0.05, 0.1) is 13.7 Å². The van der Waals surface area contributed by atoms with Crippen LogP contribution in [0.3, 0.4) is 0 Å². The average Bonchev–Trinajstić information content (AvgIpc) is 2.47. The molecule has 0 bridgehead atoms. The molecule has 110 valence electrons. The predicted molar refractivity (Wildman–Crippen MR) is 74.4 cm³/mol. The van der Waals surface area contributed by atoms with Crippen molar-refractivity contribution in [3.8, 4) is 5.75 Å². The maximum atomic E-state index is 11.5. The third-order valence-corrected chi connectivity index (χ3v) is 2.83. The summed E-state index contributed by atoms with van der Waals surface area (Å²) in [6, 6.07) is 7.50. The van der Waals surface area contributed by atoms with Crippen molar-refractivity contribution in [3.05, 3.63) is 29.8 Å². The standard InChI is InChI=1S/C14H20N2O4/c1-16(9-10-17)14(19)13(18)15-8-7-11-3-5-12(20-2)6-4-11/h3-6,17H,7-10H2,1-2H3,(H,15,18). The number of likely N-dealkylation sites (N-methyl/N-ethyl adjacent to an activating group) is 1. The lowest BCUT2D eigenvalue weighted by Gasteiger charge is -2.14. The van der Waals surface area contributed by atoms with E-state index in [1.54, 1.807) is 7.11 Å². The van der Waals surface area contributed by atoms with E-state index in [0.717, 1.165) is 11.3 Å². The number of methoxy groups -OCH3 is 1. The summed E-state index contributed by atoms with van der Waals surface area (Å²) in [5.74, 6) is -0.526. The Balaban J connectivity index is 2.35. The molecule has 1 aromatic carbocycles. The van der Waals surface area contributed by atoms with Gasteiger partial charge in [0.1, 0.15) is 5.75 Å². The zero-order chi connectivity index (χ0) is 15.0. The van der Waals surface area contributed by atoms with Gasteiger partial charge in [-0.1, -0.05) is 12.1 Å². The fourth-order valence-corrected chi connectivity index (χ4v) is 1.61. The number of nitrogens with zero attached hydrogens (tertiary/aromatic N) is 1. The van der Waals surface area contributed by atoms with Crippen molar-refractivity contribution >= 4 is 11.8 Å². The lowest BCUT2D eigenvalue weighted by Crippen LogP contribution is -2.42. The highest BCUT2D eigenvalue weighted by Crippen LogP contribution is 2.11. The Morgan fingerprint density at radius 1 is 1.30 bits per heavy atom. The molecule has 2 amide bonds. The molecule has 0 spiro atoms. The van der Waals surface area contributed by atoms with Gasteiger partial charge in [-0.15, -0.1) is 0 Å². The van der Waals surface area contributed by atoms with Gasteiger partial charge in [-0.3, -0.25) is 9.59 Å². The second-order valence-electron chi connectivity index (χ2n) is 4.30. The first-order valence-corrected chi connectivity index (χ1v) is 6.35. The van der Waals surface area contributed by atoms with Gasteiger partial charge in [0.2, 0.25) is 0 Å². The molecule has 0 aromatic heterocycles. The number of carbonyl (C=O) groups excluding carboxylic acids is 2. The zero-order valence-electron chi connectivity index (χ0n) is 11.8. The van der Waals surface area contributed by atoms with Crippen molar-refractivity contribution in [1.82, 2.24) is 10.2 Å². The molecule has 0 saturated carbocycles. The van der Waals surface area contributed by atoms with E-state index in [9.17, 15) is 9.59 Å². The summed E-state index contributed by atoms with van der Waals surface area (Å²) in [6.45, 7) is 0.357. The second kappa shape index (κ2) is 8.16. The van der Waals surface area contributed by atoms with Crippen molar-refractivity contribution in [2.75, 3.05) is 33.9 Å². The number of rotatable bonds is 6.